The number of aryl methyl sites for hydroxylation is 1. The van der Waals surface area contributed by atoms with Gasteiger partial charge in [0.15, 0.2) is 0 Å². The highest BCUT2D eigenvalue weighted by molar-refractivity contribution is 5.69. The first-order valence-electron chi connectivity index (χ1n) is 4.34. The van der Waals surface area contributed by atoms with Gasteiger partial charge in [0.1, 0.15) is 0 Å². The van der Waals surface area contributed by atoms with Crippen molar-refractivity contribution in [2.24, 2.45) is 7.05 Å². The minimum Gasteiger partial charge on any atom is -0.481 e. The highest BCUT2D eigenvalue weighted by Gasteiger charge is 2.47. The number of nitrogens with zero attached hydrogens (tertiary/aromatic N) is 2. The van der Waals surface area contributed by atoms with Crippen molar-refractivity contribution in [2.45, 2.75) is 24.7 Å². The van der Waals surface area contributed by atoms with Gasteiger partial charge in [-0.15, -0.1) is 0 Å². The molecule has 1 aliphatic carbocycles. The summed E-state index contributed by atoms with van der Waals surface area (Å²) in [6.07, 6.45) is 3.89. The zero-order valence-corrected chi connectivity index (χ0v) is 7.53. The van der Waals surface area contributed by atoms with Crippen LogP contribution < -0.4 is 0 Å². The fraction of sp³-hybridized carbons (Fsp3) is 0.556. The molecule has 0 radical (unpaired) electrons. The van der Waals surface area contributed by atoms with Crippen molar-refractivity contribution < 1.29 is 9.90 Å². The van der Waals surface area contributed by atoms with E-state index in [1.807, 2.05) is 13.1 Å². The van der Waals surface area contributed by atoms with Crippen LogP contribution in [0.1, 0.15) is 25.0 Å². The molecule has 1 aromatic heterocycles. The average molecular weight is 180 g/mol. The van der Waals surface area contributed by atoms with Gasteiger partial charge in [-0.3, -0.25) is 9.48 Å². The summed E-state index contributed by atoms with van der Waals surface area (Å²) in [7, 11) is 1.86. The van der Waals surface area contributed by atoms with Crippen molar-refractivity contribution in [2.75, 3.05) is 0 Å². The Balaban J connectivity index is 2.25. The van der Waals surface area contributed by atoms with E-state index in [0.29, 0.717) is 0 Å². The van der Waals surface area contributed by atoms with Crippen molar-refractivity contribution in [1.82, 2.24) is 9.78 Å². The fourth-order valence-corrected chi connectivity index (χ4v) is 1.86. The first kappa shape index (κ1) is 8.29. The summed E-state index contributed by atoms with van der Waals surface area (Å²) in [5.74, 6) is -0.723. The molecule has 0 saturated heterocycles. The van der Waals surface area contributed by atoms with Crippen molar-refractivity contribution in [3.8, 4) is 0 Å². The molecule has 0 unspecified atom stereocenters. The van der Waals surface area contributed by atoms with Gasteiger partial charge in [-0.25, -0.2) is 0 Å². The SMILES string of the molecule is Cn1nccc1C1(CC(=O)O)CC1. The van der Waals surface area contributed by atoms with E-state index in [4.69, 9.17) is 5.11 Å². The van der Waals surface area contributed by atoms with E-state index in [9.17, 15) is 4.79 Å². The van der Waals surface area contributed by atoms with Crippen LogP contribution in [0.15, 0.2) is 12.3 Å². The number of hydrogen-bond donors (Lipinski definition) is 1. The number of hydrogen-bond acceptors (Lipinski definition) is 2. The zero-order chi connectivity index (χ0) is 9.47. The standard InChI is InChI=1S/C9H12N2O2/c1-11-7(2-5-10-11)9(3-4-9)6-8(12)13/h2,5H,3-4,6H2,1H3,(H,12,13). The number of carboxylic acid groups (broad SMARTS) is 1. The molecule has 1 heterocycles. The van der Waals surface area contributed by atoms with Gasteiger partial charge in [-0.2, -0.15) is 5.10 Å². The molecule has 13 heavy (non-hydrogen) atoms. The van der Waals surface area contributed by atoms with E-state index in [2.05, 4.69) is 5.10 Å². The Morgan fingerprint density at radius 1 is 1.77 bits per heavy atom. The van der Waals surface area contributed by atoms with E-state index in [-0.39, 0.29) is 11.8 Å². The lowest BCUT2D eigenvalue weighted by atomic mass is 9.98. The van der Waals surface area contributed by atoms with E-state index < -0.39 is 5.97 Å². The summed E-state index contributed by atoms with van der Waals surface area (Å²) in [6, 6.07) is 1.91. The molecule has 0 atom stereocenters. The third kappa shape index (κ3) is 1.32. The monoisotopic (exact) mass is 180 g/mol. The minimum absolute atomic E-state index is 0.114. The number of rotatable bonds is 3. The van der Waals surface area contributed by atoms with E-state index >= 15 is 0 Å². The smallest absolute Gasteiger partial charge is 0.304 e. The third-order valence-corrected chi connectivity index (χ3v) is 2.71. The predicted octanol–water partition coefficient (Wildman–Crippen LogP) is 0.926. The van der Waals surface area contributed by atoms with Gasteiger partial charge in [0, 0.05) is 24.4 Å². The Labute approximate surface area is 76.2 Å². The lowest BCUT2D eigenvalue weighted by molar-refractivity contribution is -0.137. The molecular weight excluding hydrogens is 168 g/mol. The molecule has 1 saturated carbocycles. The second-order valence-electron chi connectivity index (χ2n) is 3.69. The maximum Gasteiger partial charge on any atom is 0.304 e. The van der Waals surface area contributed by atoms with Crippen LogP contribution in [0.5, 0.6) is 0 Å². The Kier molecular flexibility index (Phi) is 1.65. The van der Waals surface area contributed by atoms with E-state index in [1.54, 1.807) is 10.9 Å². The molecule has 1 aromatic rings. The van der Waals surface area contributed by atoms with Gasteiger partial charge in [-0.1, -0.05) is 0 Å². The maximum atomic E-state index is 10.6. The van der Waals surface area contributed by atoms with Crippen molar-refractivity contribution in [1.29, 1.82) is 0 Å². The summed E-state index contributed by atoms with van der Waals surface area (Å²) in [5.41, 5.74) is 0.937. The lowest BCUT2D eigenvalue weighted by Gasteiger charge is -2.12. The Morgan fingerprint density at radius 2 is 2.46 bits per heavy atom. The van der Waals surface area contributed by atoms with Crippen LogP contribution in [0.2, 0.25) is 0 Å². The molecule has 0 spiro atoms. The quantitative estimate of drug-likeness (QED) is 0.752. The summed E-state index contributed by atoms with van der Waals surface area (Å²) >= 11 is 0. The molecule has 4 heteroatoms. The number of aromatic nitrogens is 2. The van der Waals surface area contributed by atoms with Gasteiger partial charge in [0.25, 0.3) is 0 Å². The normalized spacial score (nSPS) is 18.5. The molecule has 4 nitrogen and oxygen atoms in total. The fourth-order valence-electron chi connectivity index (χ4n) is 1.86. The van der Waals surface area contributed by atoms with Crippen LogP contribution in [-0.4, -0.2) is 20.9 Å². The molecule has 1 aliphatic rings. The highest BCUT2D eigenvalue weighted by atomic mass is 16.4. The van der Waals surface area contributed by atoms with Crippen LogP contribution in [0.25, 0.3) is 0 Å². The predicted molar refractivity (Wildman–Crippen MR) is 46.4 cm³/mol. The molecule has 2 rings (SSSR count). The second-order valence-corrected chi connectivity index (χ2v) is 3.69. The number of carboxylic acids is 1. The average Bonchev–Trinajstić information content (AvgIpc) is 2.65. The van der Waals surface area contributed by atoms with E-state index in [0.717, 1.165) is 18.5 Å². The van der Waals surface area contributed by atoms with Crippen LogP contribution in [-0.2, 0) is 17.3 Å². The first-order valence-corrected chi connectivity index (χ1v) is 4.34. The molecule has 70 valence electrons. The molecule has 0 aromatic carbocycles. The van der Waals surface area contributed by atoms with Crippen LogP contribution in [0.4, 0.5) is 0 Å². The summed E-state index contributed by atoms with van der Waals surface area (Å²) in [6.45, 7) is 0. The van der Waals surface area contributed by atoms with E-state index in [1.165, 1.54) is 0 Å². The second kappa shape index (κ2) is 2.58. The van der Waals surface area contributed by atoms with Gasteiger partial charge in [0.05, 0.1) is 6.42 Å². The molecule has 0 aliphatic heterocycles. The largest absolute Gasteiger partial charge is 0.481 e. The first-order chi connectivity index (χ1) is 6.14. The van der Waals surface area contributed by atoms with Crippen molar-refractivity contribution >= 4 is 5.97 Å². The number of carbonyl (C=O) groups is 1. The Hall–Kier alpha value is -1.32. The molecular formula is C9H12N2O2. The van der Waals surface area contributed by atoms with Crippen LogP contribution in [0.3, 0.4) is 0 Å². The summed E-state index contributed by atoms with van der Waals surface area (Å²) in [4.78, 5) is 10.6. The third-order valence-electron chi connectivity index (χ3n) is 2.71. The molecule has 1 N–H and O–H groups in total. The summed E-state index contributed by atoms with van der Waals surface area (Å²) < 4.78 is 1.77. The van der Waals surface area contributed by atoms with Crippen molar-refractivity contribution in [3.63, 3.8) is 0 Å². The van der Waals surface area contributed by atoms with Crippen molar-refractivity contribution in [3.05, 3.63) is 18.0 Å². The minimum atomic E-state index is -0.723. The number of aliphatic carboxylic acids is 1. The molecule has 1 fully saturated rings. The van der Waals surface area contributed by atoms with Crippen LogP contribution in [0, 0.1) is 0 Å². The Morgan fingerprint density at radius 3 is 2.85 bits per heavy atom. The topological polar surface area (TPSA) is 55.1 Å². The maximum absolute atomic E-state index is 10.6. The van der Waals surface area contributed by atoms with Gasteiger partial charge in [-0.05, 0) is 18.9 Å². The summed E-state index contributed by atoms with van der Waals surface area (Å²) in [5, 5.41) is 12.8. The molecule has 0 amide bonds. The lowest BCUT2D eigenvalue weighted by Crippen LogP contribution is -2.16. The van der Waals surface area contributed by atoms with Gasteiger partial charge < -0.3 is 5.11 Å². The van der Waals surface area contributed by atoms with Gasteiger partial charge in [0.2, 0.25) is 0 Å². The molecule has 0 bridgehead atoms. The highest BCUT2D eigenvalue weighted by Crippen LogP contribution is 2.50. The van der Waals surface area contributed by atoms with Crippen LogP contribution >= 0.6 is 0 Å². The van der Waals surface area contributed by atoms with Gasteiger partial charge >= 0.3 is 5.97 Å². The zero-order valence-electron chi connectivity index (χ0n) is 7.53. The Bertz CT molecular complexity index is 339.